The van der Waals surface area contributed by atoms with Crippen LogP contribution in [0.5, 0.6) is 11.5 Å². The first-order chi connectivity index (χ1) is 16.5. The predicted octanol–water partition coefficient (Wildman–Crippen LogP) is 3.66. The SMILES string of the molecule is COc1cncc2c1[C@]1(O)[C@H](O)[C@H](CNCCF)[C@@H](c3ccccc3)[C@]1(c1ccc(Br)cc1)O2. The Morgan fingerprint density at radius 3 is 2.56 bits per heavy atom. The molecule has 2 heterocycles. The van der Waals surface area contributed by atoms with Crippen molar-refractivity contribution in [3.05, 3.63) is 88.2 Å². The Balaban J connectivity index is 1.80. The van der Waals surface area contributed by atoms with Crippen molar-refractivity contribution >= 4 is 15.9 Å². The van der Waals surface area contributed by atoms with E-state index in [-0.39, 0.29) is 13.1 Å². The number of halogens is 2. The van der Waals surface area contributed by atoms with Crippen molar-refractivity contribution < 1.29 is 24.1 Å². The maximum atomic E-state index is 12.9. The first-order valence-electron chi connectivity index (χ1n) is 11.2. The van der Waals surface area contributed by atoms with E-state index in [1.165, 1.54) is 13.3 Å². The van der Waals surface area contributed by atoms with Crippen molar-refractivity contribution in [3.8, 4) is 11.5 Å². The topological polar surface area (TPSA) is 83.8 Å². The number of ether oxygens (including phenoxy) is 2. The third kappa shape index (κ3) is 3.20. The molecule has 0 unspecified atom stereocenters. The highest BCUT2D eigenvalue weighted by molar-refractivity contribution is 9.10. The van der Waals surface area contributed by atoms with Crippen LogP contribution < -0.4 is 14.8 Å². The summed E-state index contributed by atoms with van der Waals surface area (Å²) in [6.45, 7) is -0.0871. The fraction of sp³-hybridized carbons (Fsp3) is 0.346. The molecule has 34 heavy (non-hydrogen) atoms. The highest BCUT2D eigenvalue weighted by Crippen LogP contribution is 2.69. The van der Waals surface area contributed by atoms with Gasteiger partial charge in [-0.25, -0.2) is 4.39 Å². The number of methoxy groups -OCH3 is 1. The Bertz CT molecular complexity index is 1170. The zero-order valence-corrected chi connectivity index (χ0v) is 20.2. The number of alkyl halides is 1. The summed E-state index contributed by atoms with van der Waals surface area (Å²) >= 11 is 3.49. The van der Waals surface area contributed by atoms with Crippen molar-refractivity contribution in [2.24, 2.45) is 5.92 Å². The van der Waals surface area contributed by atoms with Crippen molar-refractivity contribution in [1.29, 1.82) is 0 Å². The second-order valence-corrected chi connectivity index (χ2v) is 9.63. The Labute approximate surface area is 205 Å². The number of nitrogens with one attached hydrogen (secondary N) is 1. The van der Waals surface area contributed by atoms with E-state index in [1.54, 1.807) is 6.20 Å². The molecule has 178 valence electrons. The molecule has 5 atom stereocenters. The first kappa shape index (κ1) is 23.2. The van der Waals surface area contributed by atoms with Crippen LogP contribution in [0.1, 0.15) is 22.6 Å². The van der Waals surface area contributed by atoms with Crippen LogP contribution in [0.25, 0.3) is 0 Å². The Morgan fingerprint density at radius 1 is 1.15 bits per heavy atom. The molecular weight excluding hydrogens is 503 g/mol. The van der Waals surface area contributed by atoms with Crippen LogP contribution in [-0.2, 0) is 11.2 Å². The number of aliphatic hydroxyl groups is 2. The molecule has 0 amide bonds. The molecule has 3 N–H and O–H groups in total. The van der Waals surface area contributed by atoms with Crippen LogP contribution in [0.4, 0.5) is 4.39 Å². The van der Waals surface area contributed by atoms with Crippen molar-refractivity contribution in [1.82, 2.24) is 10.3 Å². The van der Waals surface area contributed by atoms with Gasteiger partial charge in [0.1, 0.15) is 18.2 Å². The van der Waals surface area contributed by atoms with E-state index in [4.69, 9.17) is 9.47 Å². The molecule has 1 aliphatic heterocycles. The van der Waals surface area contributed by atoms with Crippen LogP contribution in [0, 0.1) is 5.92 Å². The minimum atomic E-state index is -1.85. The Kier molecular flexibility index (Phi) is 6.10. The average Bonchev–Trinajstić information content (AvgIpc) is 3.23. The first-order valence-corrected chi connectivity index (χ1v) is 12.0. The van der Waals surface area contributed by atoms with Crippen molar-refractivity contribution in [2.75, 3.05) is 26.9 Å². The summed E-state index contributed by atoms with van der Waals surface area (Å²) < 4.78 is 26.1. The molecule has 6 nitrogen and oxygen atoms in total. The summed E-state index contributed by atoms with van der Waals surface area (Å²) in [4.78, 5) is 4.22. The number of hydrogen-bond donors (Lipinski definition) is 3. The molecular formula is C26H26BrFN2O4. The Hall–Kier alpha value is -2.52. The van der Waals surface area contributed by atoms with Crippen LogP contribution >= 0.6 is 15.9 Å². The van der Waals surface area contributed by atoms with Gasteiger partial charge in [-0.15, -0.1) is 0 Å². The number of pyridine rings is 1. The minimum absolute atomic E-state index is 0.152. The number of rotatable bonds is 7. The van der Waals surface area contributed by atoms with Gasteiger partial charge in [-0.1, -0.05) is 58.4 Å². The summed E-state index contributed by atoms with van der Waals surface area (Å²) in [6.07, 6.45) is 1.81. The van der Waals surface area contributed by atoms with Gasteiger partial charge in [0.05, 0.1) is 31.2 Å². The number of benzene rings is 2. The van der Waals surface area contributed by atoms with E-state index in [9.17, 15) is 14.6 Å². The normalized spacial score (nSPS) is 29.4. The molecule has 2 aromatic carbocycles. The Morgan fingerprint density at radius 2 is 1.88 bits per heavy atom. The van der Waals surface area contributed by atoms with Crippen LogP contribution in [-0.4, -0.2) is 48.2 Å². The maximum Gasteiger partial charge on any atom is 0.177 e. The average molecular weight is 529 g/mol. The number of aliphatic hydroxyl groups excluding tert-OH is 1. The molecule has 1 aliphatic carbocycles. The number of fused-ring (bicyclic) bond motifs is 3. The van der Waals surface area contributed by atoms with Gasteiger partial charge >= 0.3 is 0 Å². The fourth-order valence-corrected chi connectivity index (χ4v) is 6.06. The standard InChI is InChI=1S/C26H26BrFN2O4/c1-33-20-14-30-15-21-23(20)25(32)24(31)19(13-29-12-11-28)22(16-5-3-2-4-6-16)26(25,34-21)17-7-9-18(27)10-8-17/h2-10,14-15,19,22,24,29,31-32H,11-13H2,1H3/t19-,22-,24-,25+,26+/m1/s1. The molecule has 0 radical (unpaired) electrons. The highest BCUT2D eigenvalue weighted by Gasteiger charge is 2.76. The van der Waals surface area contributed by atoms with Gasteiger partial charge in [0.25, 0.3) is 0 Å². The maximum absolute atomic E-state index is 12.9. The molecule has 3 aromatic rings. The van der Waals surface area contributed by atoms with E-state index in [0.717, 1.165) is 10.0 Å². The largest absolute Gasteiger partial charge is 0.495 e. The number of aromatic nitrogens is 1. The van der Waals surface area contributed by atoms with Crippen LogP contribution in [0.3, 0.4) is 0 Å². The highest BCUT2D eigenvalue weighted by atomic mass is 79.9. The van der Waals surface area contributed by atoms with Crippen molar-refractivity contribution in [2.45, 2.75) is 23.2 Å². The molecule has 2 aliphatic rings. The van der Waals surface area contributed by atoms with E-state index in [1.807, 2.05) is 54.6 Å². The second kappa shape index (κ2) is 8.92. The van der Waals surface area contributed by atoms with E-state index < -0.39 is 35.8 Å². The van der Waals surface area contributed by atoms with Gasteiger partial charge in [-0.05, 0) is 23.3 Å². The molecule has 8 heteroatoms. The third-order valence-electron chi connectivity index (χ3n) is 7.10. The van der Waals surface area contributed by atoms with E-state index in [0.29, 0.717) is 22.6 Å². The smallest absolute Gasteiger partial charge is 0.177 e. The summed E-state index contributed by atoms with van der Waals surface area (Å²) in [6, 6.07) is 17.2. The lowest BCUT2D eigenvalue weighted by molar-refractivity contribution is -0.152. The minimum Gasteiger partial charge on any atom is -0.495 e. The van der Waals surface area contributed by atoms with Gasteiger partial charge in [-0.2, -0.15) is 0 Å². The summed E-state index contributed by atoms with van der Waals surface area (Å²) in [5.74, 6) is -0.269. The van der Waals surface area contributed by atoms with Gasteiger partial charge < -0.3 is 25.0 Å². The number of hydrogen-bond acceptors (Lipinski definition) is 6. The van der Waals surface area contributed by atoms with Gasteiger partial charge in [-0.3, -0.25) is 4.98 Å². The summed E-state index contributed by atoms with van der Waals surface area (Å²) in [5, 5.41) is 27.5. The molecule has 1 aromatic heterocycles. The lowest BCUT2D eigenvalue weighted by atomic mass is 9.70. The van der Waals surface area contributed by atoms with Crippen LogP contribution in [0.2, 0.25) is 0 Å². The predicted molar refractivity (Wildman–Crippen MR) is 129 cm³/mol. The summed E-state index contributed by atoms with van der Waals surface area (Å²) in [5.41, 5.74) is -1.26. The van der Waals surface area contributed by atoms with E-state index in [2.05, 4.69) is 26.2 Å². The molecule has 1 saturated carbocycles. The van der Waals surface area contributed by atoms with Crippen molar-refractivity contribution in [3.63, 3.8) is 0 Å². The molecule has 0 bridgehead atoms. The molecule has 0 spiro atoms. The van der Waals surface area contributed by atoms with Crippen LogP contribution in [0.15, 0.2) is 71.5 Å². The lowest BCUT2D eigenvalue weighted by Gasteiger charge is -2.41. The molecule has 0 saturated heterocycles. The van der Waals surface area contributed by atoms with Gasteiger partial charge in [0, 0.05) is 29.4 Å². The summed E-state index contributed by atoms with van der Waals surface area (Å²) in [7, 11) is 1.50. The monoisotopic (exact) mass is 528 g/mol. The zero-order chi connectivity index (χ0) is 23.9. The number of nitrogens with zero attached hydrogens (tertiary/aromatic N) is 1. The zero-order valence-electron chi connectivity index (χ0n) is 18.6. The quantitative estimate of drug-likeness (QED) is 0.406. The van der Waals surface area contributed by atoms with E-state index >= 15 is 0 Å². The molecule has 1 fully saturated rings. The second-order valence-electron chi connectivity index (χ2n) is 8.72. The van der Waals surface area contributed by atoms with Gasteiger partial charge in [0.2, 0.25) is 0 Å². The third-order valence-corrected chi connectivity index (χ3v) is 7.63. The lowest BCUT2D eigenvalue weighted by Crippen LogP contribution is -2.52. The molecule has 5 rings (SSSR count). The van der Waals surface area contributed by atoms with Gasteiger partial charge in [0.15, 0.2) is 11.2 Å². The fourth-order valence-electron chi connectivity index (χ4n) is 5.79.